The van der Waals surface area contributed by atoms with E-state index in [4.69, 9.17) is 27.9 Å². The van der Waals surface area contributed by atoms with Crippen molar-refractivity contribution in [1.82, 2.24) is 0 Å². The number of hydrogen-bond acceptors (Lipinski definition) is 3. The van der Waals surface area contributed by atoms with Crippen molar-refractivity contribution in [1.29, 1.82) is 0 Å². The summed E-state index contributed by atoms with van der Waals surface area (Å²) in [4.78, 5) is 2.32. The summed E-state index contributed by atoms with van der Waals surface area (Å²) in [5, 5.41) is 4.96. The van der Waals surface area contributed by atoms with Gasteiger partial charge in [0.05, 0.1) is 24.6 Å². The van der Waals surface area contributed by atoms with E-state index in [1.54, 1.807) is 0 Å². The summed E-state index contributed by atoms with van der Waals surface area (Å²) >= 11 is 12.1. The molecule has 3 nitrogen and oxygen atoms in total. The number of rotatable bonds is 4. The van der Waals surface area contributed by atoms with Crippen molar-refractivity contribution in [2.24, 2.45) is 0 Å². The van der Waals surface area contributed by atoms with Gasteiger partial charge in [-0.05, 0) is 35.9 Å². The number of halogens is 2. The molecule has 1 aliphatic rings. The molecule has 0 spiro atoms. The fourth-order valence-electron chi connectivity index (χ4n) is 2.53. The monoisotopic (exact) mass is 336 g/mol. The zero-order chi connectivity index (χ0) is 15.4. The molecule has 5 heteroatoms. The van der Waals surface area contributed by atoms with Crippen LogP contribution in [0.5, 0.6) is 0 Å². The minimum atomic E-state index is 0.731. The average molecular weight is 337 g/mol. The van der Waals surface area contributed by atoms with Gasteiger partial charge in [0.2, 0.25) is 0 Å². The lowest BCUT2D eigenvalue weighted by atomic mass is 10.2. The summed E-state index contributed by atoms with van der Waals surface area (Å²) in [6.07, 6.45) is 0. The van der Waals surface area contributed by atoms with Gasteiger partial charge < -0.3 is 15.0 Å². The summed E-state index contributed by atoms with van der Waals surface area (Å²) < 4.78 is 5.42. The molecule has 1 aliphatic heterocycles. The number of morpholine rings is 1. The van der Waals surface area contributed by atoms with Crippen molar-refractivity contribution in [3.63, 3.8) is 0 Å². The highest BCUT2D eigenvalue weighted by Gasteiger charge is 2.15. The third-order valence-electron chi connectivity index (χ3n) is 3.71. The van der Waals surface area contributed by atoms with E-state index in [-0.39, 0.29) is 0 Å². The van der Waals surface area contributed by atoms with Gasteiger partial charge >= 0.3 is 0 Å². The van der Waals surface area contributed by atoms with Crippen LogP contribution in [-0.4, -0.2) is 26.3 Å². The minimum absolute atomic E-state index is 0.731. The van der Waals surface area contributed by atoms with E-state index in [0.29, 0.717) is 0 Å². The Hall–Kier alpha value is -1.42. The largest absolute Gasteiger partial charge is 0.379 e. The number of nitrogens with one attached hydrogen (secondary N) is 1. The molecule has 22 heavy (non-hydrogen) atoms. The Morgan fingerprint density at radius 2 is 1.64 bits per heavy atom. The molecule has 116 valence electrons. The average Bonchev–Trinajstić information content (AvgIpc) is 2.55. The molecule has 0 radical (unpaired) electrons. The standard InChI is InChI=1S/C17H18Cl2N2O/c18-14-3-1-13(2-4-14)12-20-16-11-15(19)5-6-17(16)21-7-9-22-10-8-21/h1-6,11,20H,7-10,12H2. The molecule has 1 fully saturated rings. The van der Waals surface area contributed by atoms with E-state index in [1.807, 2.05) is 36.4 Å². The van der Waals surface area contributed by atoms with Gasteiger partial charge in [0.1, 0.15) is 0 Å². The molecule has 2 aromatic rings. The van der Waals surface area contributed by atoms with Crippen molar-refractivity contribution >= 4 is 34.6 Å². The fourth-order valence-corrected chi connectivity index (χ4v) is 2.83. The van der Waals surface area contributed by atoms with Crippen LogP contribution in [0.2, 0.25) is 10.0 Å². The second-order valence-electron chi connectivity index (χ2n) is 5.24. The molecule has 0 bridgehead atoms. The summed E-state index contributed by atoms with van der Waals surface area (Å²) in [6.45, 7) is 4.06. The Bertz CT molecular complexity index is 625. The maximum Gasteiger partial charge on any atom is 0.0642 e. The molecular formula is C17H18Cl2N2O. The van der Waals surface area contributed by atoms with Gasteiger partial charge in [-0.15, -0.1) is 0 Å². The van der Waals surface area contributed by atoms with E-state index >= 15 is 0 Å². The minimum Gasteiger partial charge on any atom is -0.379 e. The summed E-state index contributed by atoms with van der Waals surface area (Å²) in [5.74, 6) is 0. The molecule has 0 unspecified atom stereocenters. The van der Waals surface area contributed by atoms with E-state index in [2.05, 4.69) is 16.3 Å². The first-order valence-corrected chi connectivity index (χ1v) is 8.08. The van der Waals surface area contributed by atoms with Crippen LogP contribution in [0, 0.1) is 0 Å². The zero-order valence-corrected chi connectivity index (χ0v) is 13.7. The molecule has 0 saturated carbocycles. The number of anilines is 2. The molecule has 0 aromatic heterocycles. The first-order chi connectivity index (χ1) is 10.7. The van der Waals surface area contributed by atoms with Gasteiger partial charge in [0, 0.05) is 29.7 Å². The number of nitrogens with zero attached hydrogens (tertiary/aromatic N) is 1. The van der Waals surface area contributed by atoms with Crippen LogP contribution in [0.3, 0.4) is 0 Å². The SMILES string of the molecule is Clc1ccc(CNc2cc(Cl)ccc2N2CCOCC2)cc1. The maximum absolute atomic E-state index is 6.16. The van der Waals surface area contributed by atoms with Crippen LogP contribution in [-0.2, 0) is 11.3 Å². The van der Waals surface area contributed by atoms with Crippen LogP contribution in [0.4, 0.5) is 11.4 Å². The molecule has 0 amide bonds. The van der Waals surface area contributed by atoms with E-state index in [1.165, 1.54) is 11.3 Å². The van der Waals surface area contributed by atoms with Crippen molar-refractivity contribution < 1.29 is 4.74 Å². The third-order valence-corrected chi connectivity index (χ3v) is 4.19. The van der Waals surface area contributed by atoms with Crippen molar-refractivity contribution in [3.05, 3.63) is 58.1 Å². The topological polar surface area (TPSA) is 24.5 Å². The van der Waals surface area contributed by atoms with Crippen LogP contribution in [0.1, 0.15) is 5.56 Å². The van der Waals surface area contributed by atoms with Crippen LogP contribution in [0.15, 0.2) is 42.5 Å². The van der Waals surface area contributed by atoms with Crippen molar-refractivity contribution in [2.75, 3.05) is 36.5 Å². The van der Waals surface area contributed by atoms with Gasteiger partial charge in [0.25, 0.3) is 0 Å². The van der Waals surface area contributed by atoms with Gasteiger partial charge in [-0.1, -0.05) is 35.3 Å². The Kier molecular flexibility index (Phi) is 5.08. The smallest absolute Gasteiger partial charge is 0.0642 e. The Morgan fingerprint density at radius 1 is 0.955 bits per heavy atom. The molecule has 2 aromatic carbocycles. The van der Waals surface area contributed by atoms with Crippen LogP contribution >= 0.6 is 23.2 Å². The Morgan fingerprint density at radius 3 is 2.36 bits per heavy atom. The van der Waals surface area contributed by atoms with E-state index in [9.17, 15) is 0 Å². The zero-order valence-electron chi connectivity index (χ0n) is 12.2. The van der Waals surface area contributed by atoms with Gasteiger partial charge in [0.15, 0.2) is 0 Å². The molecule has 1 heterocycles. The lowest BCUT2D eigenvalue weighted by Crippen LogP contribution is -2.36. The predicted octanol–water partition coefficient (Wildman–Crippen LogP) is 4.44. The predicted molar refractivity (Wildman–Crippen MR) is 93.3 cm³/mol. The second kappa shape index (κ2) is 7.23. The lowest BCUT2D eigenvalue weighted by molar-refractivity contribution is 0.123. The van der Waals surface area contributed by atoms with Crippen molar-refractivity contribution in [3.8, 4) is 0 Å². The first-order valence-electron chi connectivity index (χ1n) is 7.33. The number of benzene rings is 2. The lowest BCUT2D eigenvalue weighted by Gasteiger charge is -2.30. The highest BCUT2D eigenvalue weighted by atomic mass is 35.5. The quantitative estimate of drug-likeness (QED) is 0.893. The van der Waals surface area contributed by atoms with E-state index < -0.39 is 0 Å². The molecule has 0 atom stereocenters. The van der Waals surface area contributed by atoms with E-state index in [0.717, 1.165) is 48.6 Å². The summed E-state index contributed by atoms with van der Waals surface area (Å²) in [7, 11) is 0. The Balaban J connectivity index is 1.76. The molecule has 3 rings (SSSR count). The van der Waals surface area contributed by atoms with Gasteiger partial charge in [-0.3, -0.25) is 0 Å². The molecule has 0 aliphatic carbocycles. The highest BCUT2D eigenvalue weighted by molar-refractivity contribution is 6.31. The summed E-state index contributed by atoms with van der Waals surface area (Å²) in [6, 6.07) is 13.8. The number of hydrogen-bond donors (Lipinski definition) is 1. The molecular weight excluding hydrogens is 319 g/mol. The second-order valence-corrected chi connectivity index (χ2v) is 6.11. The number of ether oxygens (including phenoxy) is 1. The van der Waals surface area contributed by atoms with Crippen LogP contribution in [0.25, 0.3) is 0 Å². The van der Waals surface area contributed by atoms with Gasteiger partial charge in [-0.25, -0.2) is 0 Å². The normalized spacial score (nSPS) is 14.9. The summed E-state index contributed by atoms with van der Waals surface area (Å²) in [5.41, 5.74) is 3.39. The fraction of sp³-hybridized carbons (Fsp3) is 0.294. The van der Waals surface area contributed by atoms with Crippen molar-refractivity contribution in [2.45, 2.75) is 6.54 Å². The van der Waals surface area contributed by atoms with Crippen LogP contribution < -0.4 is 10.2 Å². The molecule has 1 saturated heterocycles. The Labute approximate surface area is 140 Å². The highest BCUT2D eigenvalue weighted by Crippen LogP contribution is 2.30. The molecule has 1 N–H and O–H groups in total. The maximum atomic E-state index is 6.16. The third kappa shape index (κ3) is 3.86. The first kappa shape index (κ1) is 15.5. The van der Waals surface area contributed by atoms with Gasteiger partial charge in [-0.2, -0.15) is 0 Å².